The van der Waals surface area contributed by atoms with Gasteiger partial charge in [-0.15, -0.1) is 0 Å². The number of carbonyl (C=O) groups is 2. The van der Waals surface area contributed by atoms with Gasteiger partial charge in [0.25, 0.3) is 5.91 Å². The number of rotatable bonds is 7. The molecule has 2 amide bonds. The molecule has 0 bridgehead atoms. The van der Waals surface area contributed by atoms with Gasteiger partial charge in [-0.25, -0.2) is 9.18 Å². The monoisotopic (exact) mass is 509 g/mol. The summed E-state index contributed by atoms with van der Waals surface area (Å²) in [6.45, 7) is 8.86. The van der Waals surface area contributed by atoms with E-state index in [9.17, 15) is 14.0 Å². The molecule has 2 aromatic carbocycles. The van der Waals surface area contributed by atoms with Crippen LogP contribution in [0.3, 0.4) is 0 Å². The van der Waals surface area contributed by atoms with E-state index >= 15 is 0 Å². The van der Waals surface area contributed by atoms with E-state index in [-0.39, 0.29) is 23.9 Å². The maximum atomic E-state index is 13.7. The first-order valence-electron chi connectivity index (χ1n) is 13.3. The third-order valence-electron chi connectivity index (χ3n) is 7.95. The van der Waals surface area contributed by atoms with E-state index in [2.05, 4.69) is 10.2 Å². The zero-order valence-electron chi connectivity index (χ0n) is 21.6. The molecule has 3 heterocycles. The number of hydrogen-bond donors (Lipinski definition) is 1. The zero-order valence-corrected chi connectivity index (χ0v) is 21.6. The summed E-state index contributed by atoms with van der Waals surface area (Å²) in [6.07, 6.45) is 0.932. The van der Waals surface area contributed by atoms with Gasteiger partial charge < -0.3 is 24.6 Å². The molecule has 0 radical (unpaired) electrons. The van der Waals surface area contributed by atoms with E-state index in [0.29, 0.717) is 41.7 Å². The number of aryl methyl sites for hydroxylation is 2. The highest BCUT2D eigenvalue weighted by molar-refractivity contribution is 5.97. The lowest BCUT2D eigenvalue weighted by atomic mass is 10.0. The predicted molar refractivity (Wildman–Crippen MR) is 138 cm³/mol. The summed E-state index contributed by atoms with van der Waals surface area (Å²) in [5, 5.41) is 3.07. The Labute approximate surface area is 217 Å². The summed E-state index contributed by atoms with van der Waals surface area (Å²) < 4.78 is 24.6. The normalized spacial score (nSPS) is 24.2. The molecule has 198 valence electrons. The van der Waals surface area contributed by atoms with Crippen LogP contribution < -0.4 is 5.32 Å². The molecule has 3 saturated heterocycles. The van der Waals surface area contributed by atoms with Gasteiger partial charge in [0.15, 0.2) is 0 Å². The van der Waals surface area contributed by atoms with Crippen molar-refractivity contribution in [3.63, 3.8) is 0 Å². The molecule has 0 aliphatic carbocycles. The second-order valence-corrected chi connectivity index (χ2v) is 10.7. The number of carbonyl (C=O) groups excluding carboxylic acids is 2. The first-order chi connectivity index (χ1) is 17.9. The van der Waals surface area contributed by atoms with Crippen LogP contribution in [0.15, 0.2) is 42.5 Å². The molecule has 4 atom stereocenters. The van der Waals surface area contributed by atoms with Crippen molar-refractivity contribution < 1.29 is 23.5 Å². The molecular weight excluding hydrogens is 473 g/mol. The van der Waals surface area contributed by atoms with Crippen LogP contribution in [0.2, 0.25) is 0 Å². The molecule has 1 N–H and O–H groups in total. The van der Waals surface area contributed by atoms with Gasteiger partial charge in [-0.1, -0.05) is 30.3 Å². The zero-order chi connectivity index (χ0) is 25.9. The highest BCUT2D eigenvalue weighted by Gasteiger charge is 2.42. The van der Waals surface area contributed by atoms with Gasteiger partial charge in [0, 0.05) is 44.7 Å². The van der Waals surface area contributed by atoms with Crippen LogP contribution in [0.5, 0.6) is 0 Å². The molecule has 3 unspecified atom stereocenters. The number of nitrogens with one attached hydrogen (secondary N) is 1. The van der Waals surface area contributed by atoms with Gasteiger partial charge in [-0.2, -0.15) is 0 Å². The summed E-state index contributed by atoms with van der Waals surface area (Å²) in [6, 6.07) is 12.7. The smallest absolute Gasteiger partial charge is 0.407 e. The minimum atomic E-state index is -0.400. The molecule has 3 aliphatic heterocycles. The van der Waals surface area contributed by atoms with E-state index in [1.165, 1.54) is 12.1 Å². The number of nitrogens with zero attached hydrogens (tertiary/aromatic N) is 2. The predicted octanol–water partition coefficient (Wildman–Crippen LogP) is 4.09. The number of alkyl carbamates (subject to hydrolysis) is 1. The van der Waals surface area contributed by atoms with Crippen LogP contribution in [-0.2, 0) is 9.47 Å². The fourth-order valence-electron chi connectivity index (χ4n) is 6.10. The molecule has 37 heavy (non-hydrogen) atoms. The second-order valence-electron chi connectivity index (χ2n) is 10.7. The summed E-state index contributed by atoms with van der Waals surface area (Å²) in [5.74, 6) is 0.570. The van der Waals surface area contributed by atoms with Crippen LogP contribution >= 0.6 is 0 Å². The molecule has 0 aromatic heterocycles. The molecule has 3 aliphatic rings. The summed E-state index contributed by atoms with van der Waals surface area (Å²) in [5.41, 5.74) is 3.08. The third kappa shape index (κ3) is 5.96. The van der Waals surface area contributed by atoms with Crippen molar-refractivity contribution >= 4 is 12.0 Å². The topological polar surface area (TPSA) is 71.1 Å². The van der Waals surface area contributed by atoms with Gasteiger partial charge >= 0.3 is 6.09 Å². The van der Waals surface area contributed by atoms with Crippen LogP contribution in [0.25, 0.3) is 0 Å². The first kappa shape index (κ1) is 25.7. The van der Waals surface area contributed by atoms with Crippen molar-refractivity contribution in [3.05, 3.63) is 70.5 Å². The molecular formula is C29H36FN3O4. The number of ether oxygens (including phenoxy) is 2. The molecule has 7 nitrogen and oxygen atoms in total. The van der Waals surface area contributed by atoms with Crippen molar-refractivity contribution in [1.29, 1.82) is 0 Å². The molecule has 3 fully saturated rings. The quantitative estimate of drug-likeness (QED) is 0.609. The third-order valence-corrected chi connectivity index (χ3v) is 7.95. The molecule has 2 aromatic rings. The van der Waals surface area contributed by atoms with Crippen molar-refractivity contribution in [3.8, 4) is 0 Å². The van der Waals surface area contributed by atoms with Crippen LogP contribution in [0.1, 0.15) is 45.9 Å². The summed E-state index contributed by atoms with van der Waals surface area (Å²) in [7, 11) is 0. The van der Waals surface area contributed by atoms with Crippen LogP contribution in [-0.4, -0.2) is 73.8 Å². The lowest BCUT2D eigenvalue weighted by molar-refractivity contribution is 0.0772. The maximum Gasteiger partial charge on any atom is 0.407 e. The number of halogens is 1. The van der Waals surface area contributed by atoms with Gasteiger partial charge in [-0.05, 0) is 60.9 Å². The van der Waals surface area contributed by atoms with Crippen molar-refractivity contribution in [2.75, 3.05) is 45.9 Å². The minimum absolute atomic E-state index is 0.00969. The van der Waals surface area contributed by atoms with Crippen molar-refractivity contribution in [1.82, 2.24) is 15.1 Å². The fraction of sp³-hybridized carbons (Fsp3) is 0.517. The highest BCUT2D eigenvalue weighted by Crippen LogP contribution is 2.33. The maximum absolute atomic E-state index is 13.7. The first-order valence-corrected chi connectivity index (χ1v) is 13.3. The highest BCUT2D eigenvalue weighted by atomic mass is 19.1. The average molecular weight is 510 g/mol. The van der Waals surface area contributed by atoms with E-state index in [0.717, 1.165) is 51.1 Å². The Hall–Kier alpha value is -2.97. The molecule has 8 heteroatoms. The number of fused-ring (bicyclic) bond motifs is 1. The van der Waals surface area contributed by atoms with Gasteiger partial charge in [0.05, 0.1) is 19.3 Å². The number of amides is 2. The van der Waals surface area contributed by atoms with Crippen molar-refractivity contribution in [2.45, 2.75) is 38.8 Å². The summed E-state index contributed by atoms with van der Waals surface area (Å²) >= 11 is 0. The Morgan fingerprint density at radius 1 is 1.08 bits per heavy atom. The van der Waals surface area contributed by atoms with Gasteiger partial charge in [0.2, 0.25) is 0 Å². The number of benzene rings is 2. The molecule has 0 spiro atoms. The number of likely N-dealkylation sites (tertiary alicyclic amines) is 2. The van der Waals surface area contributed by atoms with Gasteiger partial charge in [0.1, 0.15) is 11.9 Å². The standard InChI is InChI=1S/C29H36FN3O4/c1-19-12-24(30)13-20(2)27(19)28(34)33-16-22-14-32(15-23(22)17-33)10-8-26(21-6-4-3-5-7-21)31-29(35)37-25-9-11-36-18-25/h3-7,12-13,22-23,25-26H,8-11,14-18H2,1-2H3,(H,31,35)/t22-,23?,25?,26?/m0/s1. The lowest BCUT2D eigenvalue weighted by Crippen LogP contribution is -2.36. The fourth-order valence-corrected chi connectivity index (χ4v) is 6.10. The lowest BCUT2D eigenvalue weighted by Gasteiger charge is -2.25. The number of hydrogen-bond acceptors (Lipinski definition) is 5. The second kappa shape index (κ2) is 11.2. The van der Waals surface area contributed by atoms with Crippen LogP contribution in [0, 0.1) is 31.5 Å². The Bertz CT molecular complexity index is 1080. The minimum Gasteiger partial charge on any atom is -0.444 e. The largest absolute Gasteiger partial charge is 0.444 e. The Morgan fingerprint density at radius 3 is 2.38 bits per heavy atom. The van der Waals surface area contributed by atoms with E-state index in [1.54, 1.807) is 13.8 Å². The van der Waals surface area contributed by atoms with E-state index in [4.69, 9.17) is 9.47 Å². The van der Waals surface area contributed by atoms with Gasteiger partial charge in [-0.3, -0.25) is 4.79 Å². The Balaban J connectivity index is 1.15. The summed E-state index contributed by atoms with van der Waals surface area (Å²) in [4.78, 5) is 30.2. The van der Waals surface area contributed by atoms with E-state index in [1.807, 2.05) is 35.2 Å². The van der Waals surface area contributed by atoms with Crippen molar-refractivity contribution in [2.24, 2.45) is 11.8 Å². The Kier molecular flexibility index (Phi) is 7.76. The Morgan fingerprint density at radius 2 is 1.76 bits per heavy atom. The van der Waals surface area contributed by atoms with E-state index < -0.39 is 6.09 Å². The van der Waals surface area contributed by atoms with Crippen LogP contribution in [0.4, 0.5) is 9.18 Å². The SMILES string of the molecule is Cc1cc(F)cc(C)c1C(=O)N1CC2CN(CCC(NC(=O)OC3CCOC3)c3ccccc3)C[C@H]2C1. The average Bonchev–Trinajstić information content (AvgIpc) is 3.58. The molecule has 0 saturated carbocycles. The molecule has 5 rings (SSSR count).